The number of aromatic amines is 1. The number of benzene rings is 1. The minimum Gasteiger partial charge on any atom is -0.507 e. The first kappa shape index (κ1) is 18.4. The predicted octanol–water partition coefficient (Wildman–Crippen LogP) is 2.08. The van der Waals surface area contributed by atoms with E-state index >= 15 is 0 Å². The van der Waals surface area contributed by atoms with Crippen molar-refractivity contribution < 1.29 is 14.6 Å². The normalized spacial score (nSPS) is 11.0. The van der Waals surface area contributed by atoms with Crippen molar-refractivity contribution in [3.05, 3.63) is 28.2 Å². The SMILES string of the molecule is CCCOc1cc(O)c(-c2nc3c(c(C)nn3C)c(=O)[nH]2)cc1NC(C)=O. The van der Waals surface area contributed by atoms with Crippen LogP contribution in [-0.2, 0) is 11.8 Å². The Balaban J connectivity index is 2.19. The van der Waals surface area contributed by atoms with Crippen molar-refractivity contribution in [3.63, 3.8) is 0 Å². The summed E-state index contributed by atoms with van der Waals surface area (Å²) in [4.78, 5) is 31.1. The number of phenols is 1. The number of H-pyrrole nitrogens is 1. The molecule has 0 aliphatic heterocycles. The van der Waals surface area contributed by atoms with Gasteiger partial charge in [-0.25, -0.2) is 9.67 Å². The van der Waals surface area contributed by atoms with Crippen LogP contribution in [0.4, 0.5) is 5.69 Å². The quantitative estimate of drug-likeness (QED) is 0.590. The molecule has 0 aliphatic rings. The van der Waals surface area contributed by atoms with Crippen molar-refractivity contribution in [2.75, 3.05) is 11.9 Å². The number of rotatable bonds is 5. The van der Waals surface area contributed by atoms with Gasteiger partial charge in [-0.3, -0.25) is 9.59 Å². The number of fused-ring (bicyclic) bond motifs is 1. The molecule has 27 heavy (non-hydrogen) atoms. The van der Waals surface area contributed by atoms with Crippen LogP contribution in [-0.4, -0.2) is 37.4 Å². The highest BCUT2D eigenvalue weighted by Crippen LogP contribution is 2.37. The number of nitrogens with zero attached hydrogens (tertiary/aromatic N) is 3. The third-order valence-corrected chi connectivity index (χ3v) is 3.99. The second-order valence-electron chi connectivity index (χ2n) is 6.22. The summed E-state index contributed by atoms with van der Waals surface area (Å²) in [6.45, 7) is 5.48. The Labute approximate surface area is 155 Å². The minimum absolute atomic E-state index is 0.128. The molecule has 0 saturated carbocycles. The maximum Gasteiger partial charge on any atom is 0.262 e. The van der Waals surface area contributed by atoms with E-state index in [0.717, 1.165) is 6.42 Å². The fraction of sp³-hybridized carbons (Fsp3) is 0.333. The summed E-state index contributed by atoms with van der Waals surface area (Å²) in [5, 5.41) is 17.7. The van der Waals surface area contributed by atoms with Crippen LogP contribution < -0.4 is 15.6 Å². The van der Waals surface area contributed by atoms with E-state index in [-0.39, 0.29) is 28.6 Å². The van der Waals surface area contributed by atoms with Gasteiger partial charge in [0.1, 0.15) is 22.7 Å². The molecule has 0 unspecified atom stereocenters. The topological polar surface area (TPSA) is 122 Å². The van der Waals surface area contributed by atoms with E-state index in [9.17, 15) is 14.7 Å². The van der Waals surface area contributed by atoms with Crippen LogP contribution in [0.2, 0.25) is 0 Å². The summed E-state index contributed by atoms with van der Waals surface area (Å²) < 4.78 is 7.10. The zero-order valence-electron chi connectivity index (χ0n) is 15.6. The van der Waals surface area contributed by atoms with Gasteiger partial charge in [-0.2, -0.15) is 5.10 Å². The van der Waals surface area contributed by atoms with Crippen LogP contribution in [0.15, 0.2) is 16.9 Å². The summed E-state index contributed by atoms with van der Waals surface area (Å²) in [7, 11) is 1.69. The zero-order valence-corrected chi connectivity index (χ0v) is 15.6. The van der Waals surface area contributed by atoms with Gasteiger partial charge in [0.2, 0.25) is 5.91 Å². The van der Waals surface area contributed by atoms with Crippen LogP contribution >= 0.6 is 0 Å². The number of aromatic hydroxyl groups is 1. The monoisotopic (exact) mass is 371 g/mol. The molecule has 0 spiro atoms. The standard InChI is InChI=1S/C18H21N5O4/c1-5-6-27-14-8-13(25)11(7-12(14)19-10(3)24)16-20-17-15(18(26)21-16)9(2)22-23(17)4/h7-8,25H,5-6H2,1-4H3,(H,19,24)(H,20,21,26). The highest BCUT2D eigenvalue weighted by molar-refractivity contribution is 5.92. The molecule has 9 heteroatoms. The Hall–Kier alpha value is -3.36. The Morgan fingerprint density at radius 1 is 1.41 bits per heavy atom. The van der Waals surface area contributed by atoms with Gasteiger partial charge < -0.3 is 20.1 Å². The lowest BCUT2D eigenvalue weighted by Crippen LogP contribution is -2.11. The highest BCUT2D eigenvalue weighted by atomic mass is 16.5. The van der Waals surface area contributed by atoms with Crippen molar-refractivity contribution >= 4 is 22.6 Å². The van der Waals surface area contributed by atoms with Crippen molar-refractivity contribution in [3.8, 4) is 22.9 Å². The molecule has 3 N–H and O–H groups in total. The zero-order chi connectivity index (χ0) is 19.7. The first-order valence-electron chi connectivity index (χ1n) is 8.53. The van der Waals surface area contributed by atoms with Crippen LogP contribution in [0.5, 0.6) is 11.5 Å². The van der Waals surface area contributed by atoms with E-state index in [1.165, 1.54) is 23.7 Å². The lowest BCUT2D eigenvalue weighted by molar-refractivity contribution is -0.114. The average Bonchev–Trinajstić information content (AvgIpc) is 2.88. The Bertz CT molecular complexity index is 1080. The average molecular weight is 371 g/mol. The smallest absolute Gasteiger partial charge is 0.262 e. The van der Waals surface area contributed by atoms with Gasteiger partial charge in [-0.05, 0) is 19.4 Å². The number of ether oxygens (including phenoxy) is 1. The lowest BCUT2D eigenvalue weighted by atomic mass is 10.1. The van der Waals surface area contributed by atoms with E-state index in [2.05, 4.69) is 20.4 Å². The fourth-order valence-electron chi connectivity index (χ4n) is 2.85. The molecule has 1 aromatic carbocycles. The number of carbonyl (C=O) groups excluding carboxylic acids is 1. The van der Waals surface area contributed by atoms with Crippen LogP contribution in [0.1, 0.15) is 26.0 Å². The number of anilines is 1. The summed E-state index contributed by atoms with van der Waals surface area (Å²) in [5.41, 5.74) is 1.26. The van der Waals surface area contributed by atoms with Crippen molar-refractivity contribution in [1.29, 1.82) is 0 Å². The molecular formula is C18H21N5O4. The molecule has 3 rings (SSSR count). The number of nitrogens with one attached hydrogen (secondary N) is 2. The van der Waals surface area contributed by atoms with Crippen molar-refractivity contribution in [1.82, 2.24) is 19.7 Å². The molecule has 0 fully saturated rings. The molecule has 0 radical (unpaired) electrons. The number of hydrogen-bond acceptors (Lipinski definition) is 6. The second kappa shape index (κ2) is 7.10. The molecule has 0 aliphatic carbocycles. The highest BCUT2D eigenvalue weighted by Gasteiger charge is 2.18. The molecule has 9 nitrogen and oxygen atoms in total. The molecule has 142 valence electrons. The number of aromatic nitrogens is 4. The van der Waals surface area contributed by atoms with Gasteiger partial charge in [0.15, 0.2) is 5.65 Å². The second-order valence-corrected chi connectivity index (χ2v) is 6.22. The summed E-state index contributed by atoms with van der Waals surface area (Å²) in [6.07, 6.45) is 0.771. The third-order valence-electron chi connectivity index (χ3n) is 3.99. The van der Waals surface area contributed by atoms with Crippen LogP contribution in [0, 0.1) is 6.92 Å². The maximum absolute atomic E-state index is 12.5. The van der Waals surface area contributed by atoms with Gasteiger partial charge in [-0.15, -0.1) is 0 Å². The Kier molecular flexibility index (Phi) is 4.85. The molecule has 0 saturated heterocycles. The van der Waals surface area contributed by atoms with Crippen LogP contribution in [0.3, 0.4) is 0 Å². The van der Waals surface area contributed by atoms with E-state index in [1.54, 1.807) is 14.0 Å². The minimum atomic E-state index is -0.354. The van der Waals surface area contributed by atoms with E-state index < -0.39 is 0 Å². The van der Waals surface area contributed by atoms with Gasteiger partial charge in [0.05, 0.1) is 23.6 Å². The largest absolute Gasteiger partial charge is 0.507 e. The van der Waals surface area contributed by atoms with E-state index in [0.29, 0.717) is 34.8 Å². The van der Waals surface area contributed by atoms with Crippen molar-refractivity contribution in [2.45, 2.75) is 27.2 Å². The third kappa shape index (κ3) is 3.48. The molecule has 2 heterocycles. The molecule has 0 atom stereocenters. The molecule has 2 aromatic heterocycles. The number of amides is 1. The number of hydrogen-bond donors (Lipinski definition) is 3. The number of carbonyl (C=O) groups is 1. The van der Waals surface area contributed by atoms with Gasteiger partial charge in [0, 0.05) is 20.0 Å². The van der Waals surface area contributed by atoms with Crippen LogP contribution in [0.25, 0.3) is 22.4 Å². The summed E-state index contributed by atoms with van der Waals surface area (Å²) in [6, 6.07) is 2.92. The predicted molar refractivity (Wildman–Crippen MR) is 101 cm³/mol. The molecule has 1 amide bonds. The van der Waals surface area contributed by atoms with Gasteiger partial charge in [0.25, 0.3) is 5.56 Å². The first-order valence-corrected chi connectivity index (χ1v) is 8.53. The molecular weight excluding hydrogens is 350 g/mol. The summed E-state index contributed by atoms with van der Waals surface area (Å²) >= 11 is 0. The maximum atomic E-state index is 12.5. The van der Waals surface area contributed by atoms with E-state index in [4.69, 9.17) is 4.74 Å². The molecule has 3 aromatic rings. The van der Waals surface area contributed by atoms with Crippen molar-refractivity contribution in [2.24, 2.45) is 7.05 Å². The fourth-order valence-corrected chi connectivity index (χ4v) is 2.85. The Morgan fingerprint density at radius 2 is 2.15 bits per heavy atom. The first-order chi connectivity index (χ1) is 12.8. The number of phenolic OH excluding ortho intramolecular Hbond substituents is 1. The molecule has 0 bridgehead atoms. The van der Waals surface area contributed by atoms with Gasteiger partial charge >= 0.3 is 0 Å². The number of aryl methyl sites for hydroxylation is 2. The van der Waals surface area contributed by atoms with Gasteiger partial charge in [-0.1, -0.05) is 6.92 Å². The van der Waals surface area contributed by atoms with E-state index in [1.807, 2.05) is 6.92 Å². The Morgan fingerprint density at radius 3 is 2.81 bits per heavy atom. The lowest BCUT2D eigenvalue weighted by Gasteiger charge is -2.14. The summed E-state index contributed by atoms with van der Waals surface area (Å²) in [5.74, 6) is 0.0958.